The highest BCUT2D eigenvalue weighted by atomic mass is 32.2. The van der Waals surface area contributed by atoms with Crippen LogP contribution < -0.4 is 10.0 Å². The SMILES string of the molecule is CC(C)(C)C(CN1CCC(CC(=O)NC(c2cccc(F)c2)c2cccc(F)c2)CC1)NS(=O)(=O)C1CC1. The minimum absolute atomic E-state index is 0.160. The lowest BCUT2D eigenvalue weighted by atomic mass is 9.86. The topological polar surface area (TPSA) is 78.5 Å². The molecule has 2 N–H and O–H groups in total. The van der Waals surface area contributed by atoms with E-state index in [4.69, 9.17) is 0 Å². The molecule has 1 saturated carbocycles. The van der Waals surface area contributed by atoms with Crippen molar-refractivity contribution >= 4 is 15.9 Å². The molecule has 208 valence electrons. The fourth-order valence-corrected chi connectivity index (χ4v) is 6.78. The monoisotopic (exact) mass is 547 g/mol. The van der Waals surface area contributed by atoms with E-state index >= 15 is 0 Å². The van der Waals surface area contributed by atoms with Crippen LogP contribution in [-0.4, -0.2) is 50.2 Å². The van der Waals surface area contributed by atoms with Gasteiger partial charge < -0.3 is 10.2 Å². The first-order chi connectivity index (χ1) is 17.9. The molecule has 9 heteroatoms. The highest BCUT2D eigenvalue weighted by Gasteiger charge is 2.40. The summed E-state index contributed by atoms with van der Waals surface area (Å²) in [6.07, 6.45) is 3.44. The van der Waals surface area contributed by atoms with Crippen molar-refractivity contribution in [3.05, 3.63) is 71.3 Å². The van der Waals surface area contributed by atoms with E-state index in [9.17, 15) is 22.0 Å². The van der Waals surface area contributed by atoms with Crippen molar-refractivity contribution in [1.29, 1.82) is 0 Å². The number of hydrogen-bond donors (Lipinski definition) is 2. The third kappa shape index (κ3) is 7.83. The van der Waals surface area contributed by atoms with Crippen LogP contribution in [0.2, 0.25) is 0 Å². The Balaban J connectivity index is 1.34. The van der Waals surface area contributed by atoms with Crippen LogP contribution in [0.5, 0.6) is 0 Å². The van der Waals surface area contributed by atoms with Gasteiger partial charge in [0.05, 0.1) is 11.3 Å². The van der Waals surface area contributed by atoms with Crippen molar-refractivity contribution in [2.24, 2.45) is 11.3 Å². The standard InChI is InChI=1S/C29H39F2N3O3S/c1-29(2,3)26(33-38(36,37)25-10-11-25)19-34-14-12-20(13-15-34)16-27(35)32-28(21-6-4-8-23(30)17-21)22-7-5-9-24(31)18-22/h4-9,17-18,20,25-26,28,33H,10-16,19H2,1-3H3,(H,32,35). The second-order valence-corrected chi connectivity index (χ2v) is 13.8. The van der Waals surface area contributed by atoms with E-state index in [-0.39, 0.29) is 28.5 Å². The van der Waals surface area contributed by atoms with E-state index in [0.29, 0.717) is 24.1 Å². The van der Waals surface area contributed by atoms with Crippen molar-refractivity contribution in [1.82, 2.24) is 14.9 Å². The molecule has 4 rings (SSSR count). The average molecular weight is 548 g/mol. The number of piperidine rings is 1. The third-order valence-corrected chi connectivity index (χ3v) is 9.57. The number of carbonyl (C=O) groups is 1. The first-order valence-corrected chi connectivity index (χ1v) is 15.0. The van der Waals surface area contributed by atoms with Crippen LogP contribution >= 0.6 is 0 Å². The van der Waals surface area contributed by atoms with Gasteiger partial charge in [0.25, 0.3) is 0 Å². The quantitative estimate of drug-likeness (QED) is 0.449. The zero-order valence-electron chi connectivity index (χ0n) is 22.4. The van der Waals surface area contributed by atoms with Crippen molar-refractivity contribution < 1.29 is 22.0 Å². The number of halogens is 2. The molecular formula is C29H39F2N3O3S. The van der Waals surface area contributed by atoms with Crippen molar-refractivity contribution in [3.63, 3.8) is 0 Å². The van der Waals surface area contributed by atoms with Crippen molar-refractivity contribution in [2.75, 3.05) is 19.6 Å². The Labute approximate surface area is 225 Å². The van der Waals surface area contributed by atoms with Gasteiger partial charge in [0, 0.05) is 19.0 Å². The summed E-state index contributed by atoms with van der Waals surface area (Å²) in [5.74, 6) is -0.813. The molecule has 2 aliphatic rings. The van der Waals surface area contributed by atoms with Crippen molar-refractivity contribution in [3.8, 4) is 0 Å². The third-order valence-electron chi connectivity index (χ3n) is 7.61. The zero-order valence-corrected chi connectivity index (χ0v) is 23.2. The first-order valence-electron chi connectivity index (χ1n) is 13.4. The van der Waals surface area contributed by atoms with Gasteiger partial charge >= 0.3 is 0 Å². The molecule has 38 heavy (non-hydrogen) atoms. The molecule has 0 spiro atoms. The molecule has 2 aromatic carbocycles. The maximum absolute atomic E-state index is 13.9. The van der Waals surface area contributed by atoms with Gasteiger partial charge in [-0.25, -0.2) is 21.9 Å². The maximum Gasteiger partial charge on any atom is 0.221 e. The highest BCUT2D eigenvalue weighted by molar-refractivity contribution is 7.90. The van der Waals surface area contributed by atoms with Gasteiger partial charge in [0.1, 0.15) is 11.6 Å². The minimum atomic E-state index is -3.29. The molecule has 1 atom stereocenters. The van der Waals surface area contributed by atoms with Crippen LogP contribution in [0.15, 0.2) is 48.5 Å². The van der Waals surface area contributed by atoms with Crippen LogP contribution in [0.25, 0.3) is 0 Å². The van der Waals surface area contributed by atoms with E-state index in [1.165, 1.54) is 24.3 Å². The molecule has 1 aliphatic heterocycles. The highest BCUT2D eigenvalue weighted by Crippen LogP contribution is 2.31. The molecule has 1 unspecified atom stereocenters. The maximum atomic E-state index is 13.9. The predicted molar refractivity (Wildman–Crippen MR) is 145 cm³/mol. The molecule has 0 radical (unpaired) electrons. The number of likely N-dealkylation sites (tertiary alicyclic amines) is 1. The van der Waals surface area contributed by atoms with Crippen LogP contribution in [-0.2, 0) is 14.8 Å². The van der Waals surface area contributed by atoms with E-state index in [1.54, 1.807) is 24.3 Å². The number of rotatable bonds is 10. The summed E-state index contributed by atoms with van der Waals surface area (Å²) in [5.41, 5.74) is 0.892. The number of amides is 1. The van der Waals surface area contributed by atoms with E-state index in [1.807, 2.05) is 0 Å². The number of nitrogens with one attached hydrogen (secondary N) is 2. The van der Waals surface area contributed by atoms with Gasteiger partial charge in [-0.2, -0.15) is 0 Å². The Kier molecular flexibility index (Phi) is 8.89. The number of benzene rings is 2. The molecular weight excluding hydrogens is 508 g/mol. The summed E-state index contributed by atoms with van der Waals surface area (Å²) in [6.45, 7) is 8.36. The summed E-state index contributed by atoms with van der Waals surface area (Å²) in [6, 6.07) is 11.2. The summed E-state index contributed by atoms with van der Waals surface area (Å²) in [4.78, 5) is 15.3. The Hall–Kier alpha value is -2.36. The lowest BCUT2D eigenvalue weighted by molar-refractivity contribution is -0.122. The van der Waals surface area contributed by atoms with E-state index in [0.717, 1.165) is 38.8 Å². The minimum Gasteiger partial charge on any atom is -0.345 e. The van der Waals surface area contributed by atoms with Gasteiger partial charge in [0.2, 0.25) is 15.9 Å². The molecule has 0 bridgehead atoms. The molecule has 2 aromatic rings. The molecule has 1 amide bonds. The lowest BCUT2D eigenvalue weighted by Crippen LogP contribution is -2.52. The molecule has 1 saturated heterocycles. The predicted octanol–water partition coefficient (Wildman–Crippen LogP) is 4.77. The van der Waals surface area contributed by atoms with Gasteiger partial charge in [0.15, 0.2) is 0 Å². The summed E-state index contributed by atoms with van der Waals surface area (Å²) >= 11 is 0. The molecule has 1 heterocycles. The van der Waals surface area contributed by atoms with Crippen LogP contribution in [0.3, 0.4) is 0 Å². The second kappa shape index (κ2) is 11.8. The fourth-order valence-electron chi connectivity index (χ4n) is 5.01. The normalized spacial score (nSPS) is 18.5. The first kappa shape index (κ1) is 28.6. The van der Waals surface area contributed by atoms with Gasteiger partial charge in [-0.1, -0.05) is 45.0 Å². The molecule has 0 aromatic heterocycles. The molecule has 2 fully saturated rings. The number of hydrogen-bond acceptors (Lipinski definition) is 4. The molecule has 6 nitrogen and oxygen atoms in total. The van der Waals surface area contributed by atoms with Crippen molar-refractivity contribution in [2.45, 2.75) is 70.2 Å². The van der Waals surface area contributed by atoms with Crippen LogP contribution in [0, 0.1) is 23.0 Å². The lowest BCUT2D eigenvalue weighted by Gasteiger charge is -2.38. The summed E-state index contributed by atoms with van der Waals surface area (Å²) in [7, 11) is -3.29. The Bertz CT molecular complexity index is 1170. The number of sulfonamides is 1. The second-order valence-electron chi connectivity index (χ2n) is 11.8. The van der Waals surface area contributed by atoms with E-state index < -0.39 is 27.7 Å². The van der Waals surface area contributed by atoms with Crippen LogP contribution in [0.1, 0.15) is 70.0 Å². The van der Waals surface area contributed by atoms with E-state index in [2.05, 4.69) is 35.7 Å². The molecule has 1 aliphatic carbocycles. The summed E-state index contributed by atoms with van der Waals surface area (Å²) in [5, 5.41) is 2.74. The Morgan fingerprint density at radius 2 is 1.53 bits per heavy atom. The zero-order chi connectivity index (χ0) is 27.5. The van der Waals surface area contributed by atoms with Gasteiger partial charge in [-0.15, -0.1) is 0 Å². The fraction of sp³-hybridized carbons (Fsp3) is 0.552. The Morgan fingerprint density at radius 3 is 2.00 bits per heavy atom. The largest absolute Gasteiger partial charge is 0.345 e. The van der Waals surface area contributed by atoms with Gasteiger partial charge in [-0.3, -0.25) is 4.79 Å². The Morgan fingerprint density at radius 1 is 0.974 bits per heavy atom. The number of nitrogens with zero attached hydrogens (tertiary/aromatic N) is 1. The van der Waals surface area contributed by atoms with Crippen LogP contribution in [0.4, 0.5) is 8.78 Å². The number of carbonyl (C=O) groups excluding carboxylic acids is 1. The average Bonchev–Trinajstić information content (AvgIpc) is 3.69. The smallest absolute Gasteiger partial charge is 0.221 e. The van der Waals surface area contributed by atoms with Gasteiger partial charge in [-0.05, 0) is 85.5 Å². The summed E-state index contributed by atoms with van der Waals surface area (Å²) < 4.78 is 56.0.